The minimum Gasteiger partial charge on any atom is -0.495 e. The van der Waals surface area contributed by atoms with Crippen molar-refractivity contribution in [3.8, 4) is 17.6 Å². The van der Waals surface area contributed by atoms with Gasteiger partial charge in [0.25, 0.3) is 0 Å². The molecule has 2 aromatic rings. The molecule has 0 saturated carbocycles. The van der Waals surface area contributed by atoms with Crippen LogP contribution in [0.3, 0.4) is 0 Å². The van der Waals surface area contributed by atoms with Gasteiger partial charge < -0.3 is 4.74 Å². The van der Waals surface area contributed by atoms with Crippen molar-refractivity contribution in [3.63, 3.8) is 0 Å². The van der Waals surface area contributed by atoms with Gasteiger partial charge in [-0.2, -0.15) is 0 Å². The van der Waals surface area contributed by atoms with Crippen molar-refractivity contribution >= 4 is 0 Å². The normalized spacial score (nSPS) is 9.06. The van der Waals surface area contributed by atoms with E-state index in [0.29, 0.717) is 5.75 Å². The summed E-state index contributed by atoms with van der Waals surface area (Å²) in [5, 5.41) is 0. The topological polar surface area (TPSA) is 35.0 Å². The zero-order valence-electron chi connectivity index (χ0n) is 8.84. The second-order valence-corrected chi connectivity index (χ2v) is 3.11. The summed E-state index contributed by atoms with van der Waals surface area (Å²) in [6.07, 6.45) is 6.79. The molecular formula is C13H10N2O. The summed E-state index contributed by atoms with van der Waals surface area (Å²) in [6, 6.07) is 5.61. The minimum absolute atomic E-state index is 0.706. The molecule has 0 amide bonds. The summed E-state index contributed by atoms with van der Waals surface area (Å²) in [5.74, 6) is 6.71. The predicted molar refractivity (Wildman–Crippen MR) is 61.0 cm³/mol. The van der Waals surface area contributed by atoms with Gasteiger partial charge in [0, 0.05) is 29.7 Å². The number of aromatic nitrogens is 2. The summed E-state index contributed by atoms with van der Waals surface area (Å²) in [4.78, 5) is 8.01. The van der Waals surface area contributed by atoms with E-state index in [1.807, 2.05) is 18.2 Å². The summed E-state index contributed by atoms with van der Waals surface area (Å²) < 4.78 is 5.06. The summed E-state index contributed by atoms with van der Waals surface area (Å²) in [7, 11) is 1.61. The van der Waals surface area contributed by atoms with Gasteiger partial charge in [-0.1, -0.05) is 11.8 Å². The summed E-state index contributed by atoms with van der Waals surface area (Å²) in [6.45, 7) is 0. The molecule has 0 fully saturated rings. The maximum absolute atomic E-state index is 5.06. The van der Waals surface area contributed by atoms with Crippen LogP contribution in [-0.2, 0) is 0 Å². The quantitative estimate of drug-likeness (QED) is 0.674. The largest absolute Gasteiger partial charge is 0.495 e. The number of pyridine rings is 2. The number of nitrogens with zero attached hydrogens (tertiary/aromatic N) is 2. The van der Waals surface area contributed by atoms with Crippen LogP contribution >= 0.6 is 0 Å². The van der Waals surface area contributed by atoms with Gasteiger partial charge in [0.15, 0.2) is 0 Å². The fraction of sp³-hybridized carbons (Fsp3) is 0.0769. The molecule has 16 heavy (non-hydrogen) atoms. The molecule has 0 aliphatic heterocycles. The van der Waals surface area contributed by atoms with Crippen LogP contribution in [0.15, 0.2) is 43.0 Å². The summed E-state index contributed by atoms with van der Waals surface area (Å²) in [5.41, 5.74) is 1.70. The van der Waals surface area contributed by atoms with Crippen LogP contribution in [0.4, 0.5) is 0 Å². The first-order valence-corrected chi connectivity index (χ1v) is 4.79. The highest BCUT2D eigenvalue weighted by Crippen LogP contribution is 2.09. The molecular weight excluding hydrogens is 200 g/mol. The third-order valence-corrected chi connectivity index (χ3v) is 1.96. The van der Waals surface area contributed by atoms with Gasteiger partial charge in [0.2, 0.25) is 0 Å². The lowest BCUT2D eigenvalue weighted by Gasteiger charge is -1.97. The Hall–Kier alpha value is -2.34. The van der Waals surface area contributed by atoms with E-state index in [4.69, 9.17) is 4.74 Å². The molecule has 0 spiro atoms. The van der Waals surface area contributed by atoms with Crippen molar-refractivity contribution in [2.45, 2.75) is 0 Å². The first kappa shape index (κ1) is 10.2. The second-order valence-electron chi connectivity index (χ2n) is 3.11. The third kappa shape index (κ3) is 2.58. The Labute approximate surface area is 94.1 Å². The Morgan fingerprint density at radius 1 is 1.06 bits per heavy atom. The molecule has 2 aromatic heterocycles. The number of hydrogen-bond donors (Lipinski definition) is 0. The van der Waals surface area contributed by atoms with Gasteiger partial charge in [-0.3, -0.25) is 9.97 Å². The molecule has 0 aliphatic carbocycles. The molecule has 3 heteroatoms. The highest BCUT2D eigenvalue weighted by Gasteiger charge is 1.92. The lowest BCUT2D eigenvalue weighted by molar-refractivity contribution is 0.413. The van der Waals surface area contributed by atoms with Gasteiger partial charge >= 0.3 is 0 Å². The van der Waals surface area contributed by atoms with Crippen LogP contribution in [0, 0.1) is 11.8 Å². The Bertz CT molecular complexity index is 526. The SMILES string of the molecule is COc1cncc(C#Cc2cccnc2)c1. The van der Waals surface area contributed by atoms with Crippen molar-refractivity contribution in [2.24, 2.45) is 0 Å². The van der Waals surface area contributed by atoms with E-state index in [2.05, 4.69) is 21.8 Å². The van der Waals surface area contributed by atoms with Gasteiger partial charge in [0.1, 0.15) is 5.75 Å². The van der Waals surface area contributed by atoms with E-state index >= 15 is 0 Å². The highest BCUT2D eigenvalue weighted by atomic mass is 16.5. The first-order chi connectivity index (χ1) is 7.88. The van der Waals surface area contributed by atoms with Gasteiger partial charge in [-0.05, 0) is 18.2 Å². The van der Waals surface area contributed by atoms with Crippen molar-refractivity contribution in [2.75, 3.05) is 7.11 Å². The van der Waals surface area contributed by atoms with Crippen molar-refractivity contribution in [3.05, 3.63) is 54.1 Å². The Morgan fingerprint density at radius 3 is 2.62 bits per heavy atom. The number of ether oxygens (including phenoxy) is 1. The van der Waals surface area contributed by atoms with Crippen LogP contribution in [0.5, 0.6) is 5.75 Å². The number of hydrogen-bond acceptors (Lipinski definition) is 3. The molecule has 2 heterocycles. The fourth-order valence-corrected chi connectivity index (χ4v) is 1.18. The molecule has 0 N–H and O–H groups in total. The molecule has 78 valence electrons. The molecule has 0 saturated heterocycles. The first-order valence-electron chi connectivity index (χ1n) is 4.79. The van der Waals surface area contributed by atoms with Gasteiger partial charge in [-0.15, -0.1) is 0 Å². The lowest BCUT2D eigenvalue weighted by Crippen LogP contribution is -1.85. The Kier molecular flexibility index (Phi) is 3.15. The van der Waals surface area contributed by atoms with Crippen molar-refractivity contribution < 1.29 is 4.74 Å². The monoisotopic (exact) mass is 210 g/mol. The smallest absolute Gasteiger partial charge is 0.138 e. The maximum atomic E-state index is 5.06. The molecule has 0 aliphatic rings. The zero-order chi connectivity index (χ0) is 11.2. The molecule has 2 rings (SSSR count). The van der Waals surface area contributed by atoms with Crippen LogP contribution in [0.25, 0.3) is 0 Å². The Balaban J connectivity index is 2.24. The van der Waals surface area contributed by atoms with Crippen LogP contribution in [0.1, 0.15) is 11.1 Å². The third-order valence-electron chi connectivity index (χ3n) is 1.96. The van der Waals surface area contributed by atoms with Crippen LogP contribution in [-0.4, -0.2) is 17.1 Å². The average Bonchev–Trinajstić information content (AvgIpc) is 2.38. The molecule has 0 atom stereocenters. The minimum atomic E-state index is 0.706. The molecule has 0 aromatic carbocycles. The van der Waals surface area contributed by atoms with E-state index < -0.39 is 0 Å². The molecule has 0 radical (unpaired) electrons. The van der Waals surface area contributed by atoms with Crippen molar-refractivity contribution in [1.82, 2.24) is 9.97 Å². The van der Waals surface area contributed by atoms with Crippen LogP contribution < -0.4 is 4.74 Å². The second kappa shape index (κ2) is 4.94. The number of methoxy groups -OCH3 is 1. The average molecular weight is 210 g/mol. The molecule has 3 nitrogen and oxygen atoms in total. The summed E-state index contributed by atoms with van der Waals surface area (Å²) >= 11 is 0. The van der Waals surface area contributed by atoms with E-state index in [0.717, 1.165) is 11.1 Å². The van der Waals surface area contributed by atoms with E-state index in [1.54, 1.807) is 31.9 Å². The van der Waals surface area contributed by atoms with Gasteiger partial charge in [-0.25, -0.2) is 0 Å². The Morgan fingerprint density at radius 2 is 1.88 bits per heavy atom. The number of rotatable bonds is 1. The maximum Gasteiger partial charge on any atom is 0.138 e. The fourth-order valence-electron chi connectivity index (χ4n) is 1.18. The zero-order valence-corrected chi connectivity index (χ0v) is 8.84. The van der Waals surface area contributed by atoms with Gasteiger partial charge in [0.05, 0.1) is 13.3 Å². The van der Waals surface area contributed by atoms with Crippen LogP contribution in [0.2, 0.25) is 0 Å². The van der Waals surface area contributed by atoms with Crippen molar-refractivity contribution in [1.29, 1.82) is 0 Å². The predicted octanol–water partition coefficient (Wildman–Crippen LogP) is 1.89. The van der Waals surface area contributed by atoms with E-state index in [1.165, 1.54) is 0 Å². The standard InChI is InChI=1S/C13H10N2O/c1-16-13-7-12(9-15-10-13)5-4-11-3-2-6-14-8-11/h2-3,6-10H,1H3. The van der Waals surface area contributed by atoms with E-state index in [9.17, 15) is 0 Å². The lowest BCUT2D eigenvalue weighted by atomic mass is 10.2. The molecule has 0 bridgehead atoms. The van der Waals surface area contributed by atoms with E-state index in [-0.39, 0.29) is 0 Å². The highest BCUT2D eigenvalue weighted by molar-refractivity contribution is 5.42. The molecule has 0 unspecified atom stereocenters.